The van der Waals surface area contributed by atoms with Gasteiger partial charge in [-0.15, -0.1) is 6.42 Å². The van der Waals surface area contributed by atoms with Gasteiger partial charge in [0.25, 0.3) is 5.91 Å². The van der Waals surface area contributed by atoms with Crippen molar-refractivity contribution in [3.05, 3.63) is 92.5 Å². The van der Waals surface area contributed by atoms with E-state index in [-0.39, 0.29) is 5.69 Å². The molecule has 4 fully saturated rings. The molecule has 430 valence electrons. The third kappa shape index (κ3) is 16.4. The number of azide groups is 6. The summed E-state index contributed by atoms with van der Waals surface area (Å²) in [5.41, 5.74) is 58.5. The van der Waals surface area contributed by atoms with Gasteiger partial charge in [-0.1, -0.05) is 36.6 Å². The van der Waals surface area contributed by atoms with Crippen LogP contribution in [0.25, 0.3) is 62.7 Å². The van der Waals surface area contributed by atoms with Crippen LogP contribution >= 0.6 is 0 Å². The molecule has 0 radical (unpaired) electrons. The molecule has 3 saturated heterocycles. The van der Waals surface area contributed by atoms with Gasteiger partial charge in [0.2, 0.25) is 0 Å². The highest BCUT2D eigenvalue weighted by Crippen LogP contribution is 2.41. The van der Waals surface area contributed by atoms with Crippen molar-refractivity contribution in [1.29, 1.82) is 0 Å². The molecule has 1 aromatic rings. The van der Waals surface area contributed by atoms with Crippen molar-refractivity contribution >= 4 is 47.4 Å². The van der Waals surface area contributed by atoms with Crippen molar-refractivity contribution in [2.24, 2.45) is 30.7 Å². The number of esters is 6. The van der Waals surface area contributed by atoms with E-state index in [4.69, 9.17) is 63.3 Å². The number of terminal acetylenes is 1. The fourth-order valence-electron chi connectivity index (χ4n) is 9.12. The lowest BCUT2D eigenvalue weighted by molar-refractivity contribution is -0.309. The number of rotatable bonds is 22. The molecule has 3 aliphatic heterocycles. The predicted molar refractivity (Wildman–Crippen MR) is 261 cm³/mol. The molecule has 1 aliphatic carbocycles. The van der Waals surface area contributed by atoms with Gasteiger partial charge in [0.15, 0.2) is 55.5 Å². The minimum atomic E-state index is -2.21. The molecule has 38 nitrogen and oxygen atoms in total. The van der Waals surface area contributed by atoms with Crippen LogP contribution in [0.1, 0.15) is 53.5 Å². The summed E-state index contributed by atoms with van der Waals surface area (Å²) in [7, 11) is 0. The molecular weight excluding hydrogens is 1090 g/mol. The van der Waals surface area contributed by atoms with Gasteiger partial charge >= 0.3 is 35.8 Å². The summed E-state index contributed by atoms with van der Waals surface area (Å²) < 4.78 is 71.2. The zero-order valence-corrected chi connectivity index (χ0v) is 43.3. The molecule has 81 heavy (non-hydrogen) atoms. The third-order valence-corrected chi connectivity index (χ3v) is 12.0. The number of nitrogens with zero attached hydrogens (tertiary/aromatic N) is 18. The number of carbonyl (C=O) groups is 7. The summed E-state index contributed by atoms with van der Waals surface area (Å²) in [6.07, 6.45) is -23.5. The van der Waals surface area contributed by atoms with E-state index in [0.717, 1.165) is 41.5 Å². The largest absolute Gasteiger partial charge is 0.459 e. The standard InChI is InChI=1S/C43H49N19O19/c1-8-22-9-11-23(12-10-22)52-40(69)38-37(79-42-29(56-62-49)35(74-20(6)67)33(72-18(4)65)27(77-42)15-51-58-45)39(75-21(7)68)43(81-38)80-36-30(70-16(2)63)24(53-59-46)13-25(54-60-47)31(36)78-41-28(55-61-48)34(73-19(5)66)32(71-17(3)64)26(76-41)14-50-57-44/h1,9-12,24-39,41-43H,13-15H2,2-7H3,(H,52,69)/t24-,25+,26-,27+,28-,29-,30+,31-,32-,33-,34-,35-,36-,37-,38+,39-,41-,42-,43-/m1/s1. The average Bonchev–Trinajstić information content (AvgIpc) is 3.83. The lowest BCUT2D eigenvalue weighted by Gasteiger charge is -2.48. The van der Waals surface area contributed by atoms with E-state index < -0.39 is 178 Å². The Kier molecular flexibility index (Phi) is 22.9. The number of hydrogen-bond acceptors (Lipinski definition) is 25. The van der Waals surface area contributed by atoms with E-state index in [1.54, 1.807) is 0 Å². The number of amides is 1. The number of benzene rings is 1. The lowest BCUT2D eigenvalue weighted by atomic mass is 9.83. The number of nitrogens with one attached hydrogen (secondary N) is 1. The van der Waals surface area contributed by atoms with Gasteiger partial charge in [0.05, 0.1) is 31.3 Å². The van der Waals surface area contributed by atoms with Crippen LogP contribution in [0.3, 0.4) is 0 Å². The van der Waals surface area contributed by atoms with Gasteiger partial charge in [-0.25, -0.2) is 0 Å². The van der Waals surface area contributed by atoms with E-state index in [1.165, 1.54) is 24.3 Å². The second-order valence-corrected chi connectivity index (χ2v) is 17.5. The average molecular weight is 1140 g/mol. The molecule has 1 N–H and O–H groups in total. The molecule has 38 heteroatoms. The lowest BCUT2D eigenvalue weighted by Crippen LogP contribution is -2.65. The first kappa shape index (κ1) is 62.5. The number of hydrogen-bond donors (Lipinski definition) is 1. The van der Waals surface area contributed by atoms with Crippen LogP contribution < -0.4 is 5.32 Å². The summed E-state index contributed by atoms with van der Waals surface area (Å²) in [5, 5.41) is 24.5. The number of ether oxygens (including phenoxy) is 12. The van der Waals surface area contributed by atoms with Crippen molar-refractivity contribution in [1.82, 2.24) is 0 Å². The van der Waals surface area contributed by atoms with Crippen LogP contribution in [0.5, 0.6) is 0 Å². The van der Waals surface area contributed by atoms with Gasteiger partial charge in [0.1, 0.15) is 42.6 Å². The van der Waals surface area contributed by atoms with Gasteiger partial charge in [-0.3, -0.25) is 33.6 Å². The number of carbonyl (C=O) groups excluding carboxylic acids is 7. The Morgan fingerprint density at radius 2 is 0.901 bits per heavy atom. The maximum absolute atomic E-state index is 14.7. The smallest absolute Gasteiger partial charge is 0.303 e. The normalized spacial score (nSPS) is 31.8. The highest BCUT2D eigenvalue weighted by molar-refractivity contribution is 5.95. The first-order valence-electron chi connectivity index (χ1n) is 23.7. The van der Waals surface area contributed by atoms with Crippen LogP contribution in [0.2, 0.25) is 0 Å². The molecule has 3 heterocycles. The second kappa shape index (κ2) is 29.6. The molecule has 1 aromatic carbocycles. The Hall–Kier alpha value is -9.31. The molecule has 19 atom stereocenters. The highest BCUT2D eigenvalue weighted by atomic mass is 16.8. The van der Waals surface area contributed by atoms with Gasteiger partial charge in [-0.05, 0) is 63.9 Å². The number of anilines is 1. The molecule has 1 saturated carbocycles. The summed E-state index contributed by atoms with van der Waals surface area (Å²) in [6, 6.07) is -1.23. The van der Waals surface area contributed by atoms with Crippen LogP contribution in [0, 0.1) is 12.3 Å². The molecule has 0 spiro atoms. The minimum Gasteiger partial charge on any atom is -0.459 e. The zero-order chi connectivity index (χ0) is 59.5. The van der Waals surface area contributed by atoms with Crippen LogP contribution in [0.4, 0.5) is 5.69 Å². The van der Waals surface area contributed by atoms with Gasteiger partial charge < -0.3 is 62.2 Å². The van der Waals surface area contributed by atoms with E-state index in [2.05, 4.69) is 71.4 Å². The molecular formula is C43H49N19O19. The first-order valence-corrected chi connectivity index (χ1v) is 23.7. The fraction of sp³-hybridized carbons (Fsp3) is 0.651. The Balaban J connectivity index is 1.74. The van der Waals surface area contributed by atoms with Crippen LogP contribution in [-0.2, 0) is 90.4 Å². The second-order valence-electron chi connectivity index (χ2n) is 17.5. The van der Waals surface area contributed by atoms with Gasteiger partial charge in [0, 0.05) is 82.3 Å². The Labute approximate surface area is 455 Å². The summed E-state index contributed by atoms with van der Waals surface area (Å²) in [4.78, 5) is 108. The van der Waals surface area contributed by atoms with Crippen LogP contribution in [-0.4, -0.2) is 171 Å². The summed E-state index contributed by atoms with van der Waals surface area (Å²) in [6.45, 7) is 4.35. The Morgan fingerprint density at radius 3 is 1.32 bits per heavy atom. The van der Waals surface area contributed by atoms with Crippen molar-refractivity contribution < 1.29 is 90.4 Å². The zero-order valence-electron chi connectivity index (χ0n) is 43.3. The van der Waals surface area contributed by atoms with Crippen LogP contribution in [0.15, 0.2) is 55.0 Å². The molecule has 0 unspecified atom stereocenters. The van der Waals surface area contributed by atoms with E-state index in [0.29, 0.717) is 5.56 Å². The molecule has 5 rings (SSSR count). The van der Waals surface area contributed by atoms with E-state index >= 15 is 0 Å². The maximum Gasteiger partial charge on any atom is 0.303 e. The minimum absolute atomic E-state index is 0.0816. The summed E-state index contributed by atoms with van der Waals surface area (Å²) in [5.74, 6) is -4.87. The van der Waals surface area contributed by atoms with Crippen molar-refractivity contribution in [2.75, 3.05) is 18.4 Å². The third-order valence-electron chi connectivity index (χ3n) is 12.0. The fourth-order valence-corrected chi connectivity index (χ4v) is 9.12. The molecule has 0 aromatic heterocycles. The predicted octanol–water partition coefficient (Wildman–Crippen LogP) is 4.27. The van der Waals surface area contributed by atoms with Crippen molar-refractivity contribution in [3.63, 3.8) is 0 Å². The Morgan fingerprint density at radius 1 is 0.506 bits per heavy atom. The van der Waals surface area contributed by atoms with Crippen molar-refractivity contribution in [3.8, 4) is 12.3 Å². The monoisotopic (exact) mass is 1140 g/mol. The molecule has 0 bridgehead atoms. The quantitative estimate of drug-likeness (QED) is 0.0423. The van der Waals surface area contributed by atoms with E-state index in [1.807, 2.05) is 0 Å². The SMILES string of the molecule is C#Cc1ccc(NC(=O)[C@H]2O[C@@H](O[C@@H]3[C@@H](OC(C)=O)[C@H](N=[N+]=[N-])C[C@H](N=[N+]=[N-])[C@H]3O[C@H]3O[C@H](CN=[N+]=[N-])[C@@H](OC(C)=O)[C@H](OC(C)=O)[C@H]3N=[N+]=[N-])[C@H](OC(C)=O)[C@@H]2O[C@H]2O[C@@H](CN=[N+]=[N-])[C@@H](OC(C)=O)[C@H](OC(C)=O)[C@H]2N=[N+]=[N-])cc1. The highest BCUT2D eigenvalue weighted by Gasteiger charge is 2.60. The van der Waals surface area contributed by atoms with Gasteiger partial charge in [-0.2, -0.15) is 0 Å². The topological polar surface area (TPSA) is 535 Å². The Bertz CT molecular complexity index is 2880. The first-order chi connectivity index (χ1) is 38.7. The summed E-state index contributed by atoms with van der Waals surface area (Å²) >= 11 is 0. The molecule has 1 amide bonds. The molecule has 4 aliphatic rings. The van der Waals surface area contributed by atoms with Crippen molar-refractivity contribution in [2.45, 2.75) is 164 Å². The maximum atomic E-state index is 14.7. The van der Waals surface area contributed by atoms with E-state index in [9.17, 15) is 66.7 Å².